The lowest BCUT2D eigenvalue weighted by Gasteiger charge is -2.05. The van der Waals surface area contributed by atoms with Gasteiger partial charge in [0.25, 0.3) is 0 Å². The van der Waals surface area contributed by atoms with Gasteiger partial charge in [-0.1, -0.05) is 39.3 Å². The first kappa shape index (κ1) is 14.1. The van der Waals surface area contributed by atoms with Crippen LogP contribution in [0.1, 0.15) is 45.4 Å². The second-order valence-corrected chi connectivity index (χ2v) is 5.59. The van der Waals surface area contributed by atoms with Gasteiger partial charge in [-0.25, -0.2) is 0 Å². The zero-order valence-corrected chi connectivity index (χ0v) is 11.8. The molecule has 0 radical (unpaired) electrons. The molecule has 17 heavy (non-hydrogen) atoms. The van der Waals surface area contributed by atoms with Crippen LogP contribution in [0, 0.1) is 23.2 Å². The predicted molar refractivity (Wildman–Crippen MR) is 69.9 cm³/mol. The molecule has 0 aromatic carbocycles. The van der Waals surface area contributed by atoms with Crippen molar-refractivity contribution in [3.05, 3.63) is 16.4 Å². The standard InChI is InChI=1S/C13H20ClN3/c1-9(2)5-6-17-13(14)11(8-15)12(16-17)7-10(3)4/h9-10H,5-7H2,1-4H3. The third-order valence-corrected chi connectivity index (χ3v) is 2.98. The van der Waals surface area contributed by atoms with Crippen molar-refractivity contribution in [3.8, 4) is 6.07 Å². The van der Waals surface area contributed by atoms with Gasteiger partial charge in [0.1, 0.15) is 16.8 Å². The highest BCUT2D eigenvalue weighted by atomic mass is 35.5. The number of hydrogen-bond acceptors (Lipinski definition) is 2. The highest BCUT2D eigenvalue weighted by molar-refractivity contribution is 6.30. The van der Waals surface area contributed by atoms with Crippen LogP contribution in [0.15, 0.2) is 0 Å². The molecule has 94 valence electrons. The second kappa shape index (κ2) is 6.07. The number of hydrogen-bond donors (Lipinski definition) is 0. The van der Waals surface area contributed by atoms with Crippen molar-refractivity contribution in [1.82, 2.24) is 9.78 Å². The van der Waals surface area contributed by atoms with Gasteiger partial charge >= 0.3 is 0 Å². The first-order valence-electron chi connectivity index (χ1n) is 6.11. The Morgan fingerprint density at radius 3 is 2.41 bits per heavy atom. The van der Waals surface area contributed by atoms with E-state index in [9.17, 15) is 0 Å². The van der Waals surface area contributed by atoms with E-state index in [-0.39, 0.29) is 0 Å². The molecular formula is C13H20ClN3. The average Bonchev–Trinajstić information content (AvgIpc) is 2.51. The summed E-state index contributed by atoms with van der Waals surface area (Å²) < 4.78 is 1.76. The highest BCUT2D eigenvalue weighted by Gasteiger charge is 2.16. The Morgan fingerprint density at radius 2 is 1.94 bits per heavy atom. The third kappa shape index (κ3) is 3.74. The highest BCUT2D eigenvalue weighted by Crippen LogP contribution is 2.22. The fraction of sp³-hybridized carbons (Fsp3) is 0.692. The van der Waals surface area contributed by atoms with Crippen molar-refractivity contribution in [2.75, 3.05) is 0 Å². The summed E-state index contributed by atoms with van der Waals surface area (Å²) in [6, 6.07) is 2.16. The summed E-state index contributed by atoms with van der Waals surface area (Å²) in [5.41, 5.74) is 1.38. The molecule has 0 unspecified atom stereocenters. The number of aromatic nitrogens is 2. The van der Waals surface area contributed by atoms with Gasteiger partial charge in [0.2, 0.25) is 0 Å². The Labute approximate surface area is 108 Å². The van der Waals surface area contributed by atoms with E-state index in [2.05, 4.69) is 38.9 Å². The van der Waals surface area contributed by atoms with Gasteiger partial charge in [-0.2, -0.15) is 10.4 Å². The lowest BCUT2D eigenvalue weighted by Crippen LogP contribution is -2.04. The van der Waals surface area contributed by atoms with Gasteiger partial charge in [0.05, 0.1) is 5.69 Å². The van der Waals surface area contributed by atoms with Crippen LogP contribution in [0.3, 0.4) is 0 Å². The molecule has 0 bridgehead atoms. The molecule has 1 rings (SSSR count). The molecule has 0 fully saturated rings. The Hall–Kier alpha value is -1.01. The zero-order valence-electron chi connectivity index (χ0n) is 11.0. The van der Waals surface area contributed by atoms with E-state index in [1.165, 1.54) is 0 Å². The first-order chi connectivity index (χ1) is 7.95. The molecule has 1 aromatic rings. The quantitative estimate of drug-likeness (QED) is 0.804. The molecule has 0 saturated heterocycles. The normalized spacial score (nSPS) is 11.2. The Bertz CT molecular complexity index is 413. The third-order valence-electron chi connectivity index (χ3n) is 2.59. The molecule has 4 heteroatoms. The number of halogens is 1. The van der Waals surface area contributed by atoms with Gasteiger partial charge in [-0.05, 0) is 24.7 Å². The summed E-state index contributed by atoms with van der Waals surface area (Å²) in [5, 5.41) is 14.1. The topological polar surface area (TPSA) is 41.6 Å². The Kier molecular flexibility index (Phi) is 5.02. The minimum atomic E-state index is 0.478. The van der Waals surface area contributed by atoms with Crippen LogP contribution >= 0.6 is 11.6 Å². The monoisotopic (exact) mass is 253 g/mol. The summed E-state index contributed by atoms with van der Waals surface area (Å²) in [6.45, 7) is 9.34. The molecular weight excluding hydrogens is 234 g/mol. The van der Waals surface area contributed by atoms with Crippen molar-refractivity contribution >= 4 is 11.6 Å². The van der Waals surface area contributed by atoms with Crippen molar-refractivity contribution in [2.24, 2.45) is 11.8 Å². The summed E-state index contributed by atoms with van der Waals surface area (Å²) in [7, 11) is 0. The largest absolute Gasteiger partial charge is 0.252 e. The van der Waals surface area contributed by atoms with Crippen LogP contribution in [0.25, 0.3) is 0 Å². The van der Waals surface area contributed by atoms with Gasteiger partial charge in [-0.3, -0.25) is 4.68 Å². The van der Waals surface area contributed by atoms with E-state index in [4.69, 9.17) is 16.9 Å². The zero-order chi connectivity index (χ0) is 13.0. The SMILES string of the molecule is CC(C)CCn1nc(CC(C)C)c(C#N)c1Cl. The fourth-order valence-corrected chi connectivity index (χ4v) is 1.93. The summed E-state index contributed by atoms with van der Waals surface area (Å²) in [4.78, 5) is 0. The number of rotatable bonds is 5. The molecule has 1 heterocycles. The van der Waals surface area contributed by atoms with Gasteiger partial charge in [0.15, 0.2) is 0 Å². The van der Waals surface area contributed by atoms with Crippen LogP contribution in [0.4, 0.5) is 0 Å². The first-order valence-corrected chi connectivity index (χ1v) is 6.48. The van der Waals surface area contributed by atoms with Crippen molar-refractivity contribution in [1.29, 1.82) is 5.26 Å². The van der Waals surface area contributed by atoms with E-state index in [0.29, 0.717) is 22.6 Å². The van der Waals surface area contributed by atoms with Crippen LogP contribution < -0.4 is 0 Å². The smallest absolute Gasteiger partial charge is 0.145 e. The van der Waals surface area contributed by atoms with Crippen LogP contribution in [-0.4, -0.2) is 9.78 Å². The van der Waals surface area contributed by atoms with Gasteiger partial charge < -0.3 is 0 Å². The maximum absolute atomic E-state index is 9.12. The van der Waals surface area contributed by atoms with E-state index in [1.54, 1.807) is 4.68 Å². The fourth-order valence-electron chi connectivity index (χ4n) is 1.66. The summed E-state index contributed by atoms with van der Waals surface area (Å²) in [6.07, 6.45) is 1.82. The number of aryl methyl sites for hydroxylation is 1. The van der Waals surface area contributed by atoms with Crippen LogP contribution in [-0.2, 0) is 13.0 Å². The Morgan fingerprint density at radius 1 is 1.29 bits per heavy atom. The van der Waals surface area contributed by atoms with E-state index in [1.807, 2.05) is 0 Å². The average molecular weight is 254 g/mol. The predicted octanol–water partition coefficient (Wildman–Crippen LogP) is 3.65. The number of nitrogens with zero attached hydrogens (tertiary/aromatic N) is 3. The minimum Gasteiger partial charge on any atom is -0.252 e. The lowest BCUT2D eigenvalue weighted by atomic mass is 10.1. The molecule has 3 nitrogen and oxygen atoms in total. The molecule has 0 spiro atoms. The van der Waals surface area contributed by atoms with Crippen molar-refractivity contribution in [3.63, 3.8) is 0 Å². The summed E-state index contributed by atoms with van der Waals surface area (Å²) >= 11 is 6.17. The molecule has 0 aliphatic rings. The molecule has 0 saturated carbocycles. The Balaban J connectivity index is 2.93. The second-order valence-electron chi connectivity index (χ2n) is 5.23. The molecule has 0 N–H and O–H groups in total. The molecule has 0 aliphatic carbocycles. The van der Waals surface area contributed by atoms with E-state index < -0.39 is 0 Å². The van der Waals surface area contributed by atoms with E-state index in [0.717, 1.165) is 25.1 Å². The van der Waals surface area contributed by atoms with Crippen LogP contribution in [0.2, 0.25) is 5.15 Å². The maximum atomic E-state index is 9.12. The molecule has 0 amide bonds. The van der Waals surface area contributed by atoms with Gasteiger partial charge in [0, 0.05) is 6.54 Å². The number of nitriles is 1. The van der Waals surface area contributed by atoms with Crippen molar-refractivity contribution in [2.45, 2.75) is 47.1 Å². The van der Waals surface area contributed by atoms with Crippen LogP contribution in [0.5, 0.6) is 0 Å². The lowest BCUT2D eigenvalue weighted by molar-refractivity contribution is 0.482. The maximum Gasteiger partial charge on any atom is 0.145 e. The molecule has 1 aromatic heterocycles. The van der Waals surface area contributed by atoms with Crippen molar-refractivity contribution < 1.29 is 0 Å². The van der Waals surface area contributed by atoms with E-state index >= 15 is 0 Å². The summed E-state index contributed by atoms with van der Waals surface area (Å²) in [5.74, 6) is 1.08. The molecule has 0 aliphatic heterocycles. The minimum absolute atomic E-state index is 0.478. The molecule has 0 atom stereocenters. The van der Waals surface area contributed by atoms with Gasteiger partial charge in [-0.15, -0.1) is 0 Å².